The zero-order valence-corrected chi connectivity index (χ0v) is 20.8. The van der Waals surface area contributed by atoms with E-state index in [9.17, 15) is 8.42 Å². The average Bonchev–Trinajstić information content (AvgIpc) is 3.04. The molecule has 1 fully saturated rings. The predicted molar refractivity (Wildman–Crippen MR) is 133 cm³/mol. The van der Waals surface area contributed by atoms with Gasteiger partial charge in [0, 0.05) is 48.9 Å². The largest absolute Gasteiger partial charge is 0.355 e. The molecule has 3 aromatic rings. The van der Waals surface area contributed by atoms with E-state index < -0.39 is 10.0 Å². The Bertz CT molecular complexity index is 1230. The molecule has 33 heavy (non-hydrogen) atoms. The van der Waals surface area contributed by atoms with E-state index in [1.807, 2.05) is 13.8 Å². The van der Waals surface area contributed by atoms with Crippen molar-refractivity contribution < 1.29 is 8.42 Å². The Hall–Kier alpha value is -2.48. The Morgan fingerprint density at radius 2 is 1.58 bits per heavy atom. The molecule has 6 nitrogen and oxygen atoms in total. The SMILES string of the molecule is Cc1ccc(Cc2c(C)nc(C)nc2N2CCCN(S(=O)(=O)c3ccc(Cl)cc3)CC2)cc1. The van der Waals surface area contributed by atoms with Gasteiger partial charge in [-0.2, -0.15) is 4.31 Å². The minimum atomic E-state index is -3.57. The quantitative estimate of drug-likeness (QED) is 0.531. The van der Waals surface area contributed by atoms with Crippen LogP contribution in [0.25, 0.3) is 0 Å². The second kappa shape index (κ2) is 9.79. The van der Waals surface area contributed by atoms with Gasteiger partial charge < -0.3 is 4.90 Å². The van der Waals surface area contributed by atoms with Crippen LogP contribution in [0.15, 0.2) is 53.4 Å². The van der Waals surface area contributed by atoms with Gasteiger partial charge in [-0.05, 0) is 57.0 Å². The number of hydrogen-bond acceptors (Lipinski definition) is 5. The Kier molecular flexibility index (Phi) is 7.02. The maximum Gasteiger partial charge on any atom is 0.243 e. The maximum absolute atomic E-state index is 13.2. The summed E-state index contributed by atoms with van der Waals surface area (Å²) in [4.78, 5) is 11.9. The number of aryl methyl sites for hydroxylation is 3. The summed E-state index contributed by atoms with van der Waals surface area (Å²) in [6.45, 7) is 8.19. The highest BCUT2D eigenvalue weighted by molar-refractivity contribution is 7.89. The van der Waals surface area contributed by atoms with Crippen molar-refractivity contribution in [3.8, 4) is 0 Å². The van der Waals surface area contributed by atoms with Gasteiger partial charge in [-0.25, -0.2) is 18.4 Å². The number of hydrogen-bond donors (Lipinski definition) is 0. The molecule has 0 aliphatic carbocycles. The molecular formula is C25H29ClN4O2S. The fourth-order valence-electron chi connectivity index (χ4n) is 4.20. The number of rotatable bonds is 5. The smallest absolute Gasteiger partial charge is 0.243 e. The molecule has 1 saturated heterocycles. The zero-order chi connectivity index (χ0) is 23.6. The highest BCUT2D eigenvalue weighted by atomic mass is 35.5. The standard InChI is InChI=1S/C25H29ClN4O2S/c1-18-5-7-21(8-6-18)17-24-19(2)27-20(3)28-25(24)29-13-4-14-30(16-15-29)33(31,32)23-11-9-22(26)10-12-23/h5-12H,4,13-17H2,1-3H3. The van der Waals surface area contributed by atoms with Crippen LogP contribution in [-0.2, 0) is 16.4 Å². The fraction of sp³-hybridized carbons (Fsp3) is 0.360. The first-order chi connectivity index (χ1) is 15.7. The predicted octanol–water partition coefficient (Wildman–Crippen LogP) is 4.55. The minimum absolute atomic E-state index is 0.272. The van der Waals surface area contributed by atoms with E-state index in [4.69, 9.17) is 16.6 Å². The molecule has 1 aromatic heterocycles. The lowest BCUT2D eigenvalue weighted by Crippen LogP contribution is -2.35. The van der Waals surface area contributed by atoms with Crippen molar-refractivity contribution >= 4 is 27.4 Å². The molecule has 0 radical (unpaired) electrons. The maximum atomic E-state index is 13.2. The summed E-state index contributed by atoms with van der Waals surface area (Å²) >= 11 is 5.94. The first-order valence-corrected chi connectivity index (χ1v) is 13.0. The van der Waals surface area contributed by atoms with E-state index in [1.165, 1.54) is 11.1 Å². The van der Waals surface area contributed by atoms with Gasteiger partial charge in [0.2, 0.25) is 10.0 Å². The van der Waals surface area contributed by atoms with E-state index in [0.717, 1.165) is 42.3 Å². The summed E-state index contributed by atoms with van der Waals surface area (Å²) in [7, 11) is -3.57. The number of nitrogens with zero attached hydrogens (tertiary/aromatic N) is 4. The minimum Gasteiger partial charge on any atom is -0.355 e. The summed E-state index contributed by atoms with van der Waals surface area (Å²) in [6.07, 6.45) is 1.46. The van der Waals surface area contributed by atoms with Crippen LogP contribution in [0.1, 0.15) is 34.6 Å². The van der Waals surface area contributed by atoms with Gasteiger partial charge in [-0.3, -0.25) is 0 Å². The number of sulfonamides is 1. The molecule has 2 heterocycles. The van der Waals surface area contributed by atoms with Crippen molar-refractivity contribution in [3.63, 3.8) is 0 Å². The highest BCUT2D eigenvalue weighted by Crippen LogP contribution is 2.27. The zero-order valence-electron chi connectivity index (χ0n) is 19.3. The molecular weight excluding hydrogens is 456 g/mol. The van der Waals surface area contributed by atoms with Gasteiger partial charge >= 0.3 is 0 Å². The fourth-order valence-corrected chi connectivity index (χ4v) is 5.79. The summed E-state index contributed by atoms with van der Waals surface area (Å²) in [5.74, 6) is 1.64. The number of benzene rings is 2. The lowest BCUT2D eigenvalue weighted by Gasteiger charge is -2.26. The number of anilines is 1. The highest BCUT2D eigenvalue weighted by Gasteiger charge is 2.28. The van der Waals surface area contributed by atoms with Crippen LogP contribution in [0.5, 0.6) is 0 Å². The lowest BCUT2D eigenvalue weighted by molar-refractivity contribution is 0.433. The van der Waals surface area contributed by atoms with Crippen molar-refractivity contribution in [1.29, 1.82) is 0 Å². The Morgan fingerprint density at radius 3 is 2.27 bits per heavy atom. The molecule has 0 amide bonds. The van der Waals surface area contributed by atoms with Crippen LogP contribution in [0, 0.1) is 20.8 Å². The van der Waals surface area contributed by atoms with Crippen LogP contribution in [0.4, 0.5) is 5.82 Å². The van der Waals surface area contributed by atoms with Gasteiger partial charge in [0.15, 0.2) is 0 Å². The third-order valence-corrected chi connectivity index (χ3v) is 8.18. The van der Waals surface area contributed by atoms with E-state index >= 15 is 0 Å². The van der Waals surface area contributed by atoms with Crippen LogP contribution >= 0.6 is 11.6 Å². The number of aromatic nitrogens is 2. The molecule has 0 atom stereocenters. The molecule has 0 N–H and O–H groups in total. The summed E-state index contributed by atoms with van der Waals surface area (Å²) in [5, 5.41) is 0.520. The van der Waals surface area contributed by atoms with Crippen molar-refractivity contribution in [2.24, 2.45) is 0 Å². The lowest BCUT2D eigenvalue weighted by atomic mass is 10.0. The van der Waals surface area contributed by atoms with E-state index in [-0.39, 0.29) is 4.90 Å². The monoisotopic (exact) mass is 484 g/mol. The third-order valence-electron chi connectivity index (χ3n) is 6.01. The first-order valence-electron chi connectivity index (χ1n) is 11.1. The Labute approximate surface area is 201 Å². The van der Waals surface area contributed by atoms with E-state index in [0.29, 0.717) is 24.7 Å². The Balaban J connectivity index is 1.59. The first kappa shape index (κ1) is 23.7. The second-order valence-electron chi connectivity index (χ2n) is 8.52. The van der Waals surface area contributed by atoms with Crippen LogP contribution in [0.2, 0.25) is 5.02 Å². The Morgan fingerprint density at radius 1 is 0.879 bits per heavy atom. The van der Waals surface area contributed by atoms with Crippen molar-refractivity contribution in [1.82, 2.24) is 14.3 Å². The number of halogens is 1. The average molecular weight is 485 g/mol. The molecule has 2 aromatic carbocycles. The third kappa shape index (κ3) is 5.37. The van der Waals surface area contributed by atoms with Gasteiger partial charge in [-0.1, -0.05) is 41.4 Å². The topological polar surface area (TPSA) is 66.4 Å². The van der Waals surface area contributed by atoms with Crippen LogP contribution < -0.4 is 4.90 Å². The van der Waals surface area contributed by atoms with Crippen molar-refractivity contribution in [2.75, 3.05) is 31.1 Å². The van der Waals surface area contributed by atoms with Crippen LogP contribution in [0.3, 0.4) is 0 Å². The normalized spacial score (nSPS) is 15.5. The van der Waals surface area contributed by atoms with E-state index in [1.54, 1.807) is 28.6 Å². The van der Waals surface area contributed by atoms with Crippen molar-refractivity contribution in [2.45, 2.75) is 38.5 Å². The van der Waals surface area contributed by atoms with E-state index in [2.05, 4.69) is 41.1 Å². The molecule has 174 valence electrons. The molecule has 0 spiro atoms. The van der Waals surface area contributed by atoms with Gasteiger partial charge in [-0.15, -0.1) is 0 Å². The molecule has 1 aliphatic heterocycles. The van der Waals surface area contributed by atoms with Crippen LogP contribution in [-0.4, -0.2) is 48.9 Å². The molecule has 0 bridgehead atoms. The van der Waals surface area contributed by atoms with Gasteiger partial charge in [0.25, 0.3) is 0 Å². The summed E-state index contributed by atoms with van der Waals surface area (Å²) in [5.41, 5.74) is 4.50. The molecule has 0 unspecified atom stereocenters. The molecule has 1 aliphatic rings. The summed E-state index contributed by atoms with van der Waals surface area (Å²) < 4.78 is 27.9. The molecule has 0 saturated carbocycles. The molecule has 8 heteroatoms. The van der Waals surface area contributed by atoms with Gasteiger partial charge in [0.1, 0.15) is 11.6 Å². The van der Waals surface area contributed by atoms with Crippen molar-refractivity contribution in [3.05, 3.63) is 81.8 Å². The van der Waals surface area contributed by atoms with Gasteiger partial charge in [0.05, 0.1) is 4.90 Å². The second-order valence-corrected chi connectivity index (χ2v) is 10.9. The molecule has 4 rings (SSSR count). The summed E-state index contributed by atoms with van der Waals surface area (Å²) in [6, 6.07) is 14.9.